The predicted molar refractivity (Wildman–Crippen MR) is 95.8 cm³/mol. The van der Waals surface area contributed by atoms with Gasteiger partial charge in [0.15, 0.2) is 14.6 Å². The van der Waals surface area contributed by atoms with E-state index in [0.29, 0.717) is 5.69 Å². The molecule has 0 spiro atoms. The van der Waals surface area contributed by atoms with Gasteiger partial charge in [-0.05, 0) is 29.3 Å². The zero-order valence-electron chi connectivity index (χ0n) is 15.0. The molecule has 0 N–H and O–H groups in total. The second-order valence-electron chi connectivity index (χ2n) is 8.01. The summed E-state index contributed by atoms with van der Waals surface area (Å²) in [7, 11) is -1.92. The molecule has 1 aliphatic rings. The number of hydrogen-bond acceptors (Lipinski definition) is 4. The Morgan fingerprint density at radius 3 is 2.62 bits per heavy atom. The molecule has 2 atom stereocenters. The lowest BCUT2D eigenvalue weighted by Crippen LogP contribution is -2.45. The first kappa shape index (κ1) is 17.0. The highest BCUT2D eigenvalue weighted by atomic mass is 28.4. The molecular formula is C18H25N3O2Si. The van der Waals surface area contributed by atoms with Gasteiger partial charge in [0, 0.05) is 6.42 Å². The van der Waals surface area contributed by atoms with Gasteiger partial charge in [-0.15, -0.1) is 5.10 Å². The summed E-state index contributed by atoms with van der Waals surface area (Å²) in [4.78, 5) is 11.0. The molecule has 0 radical (unpaired) electrons. The van der Waals surface area contributed by atoms with Crippen molar-refractivity contribution in [3.05, 3.63) is 47.3 Å². The Morgan fingerprint density at radius 2 is 2.00 bits per heavy atom. The summed E-state index contributed by atoms with van der Waals surface area (Å²) in [6, 6.07) is 8.34. The van der Waals surface area contributed by atoms with E-state index in [4.69, 9.17) is 4.43 Å². The number of benzene rings is 1. The van der Waals surface area contributed by atoms with Crippen LogP contribution in [0, 0.1) is 0 Å². The standard InChI is InChI=1S/C18H25N3O2Si/c1-18(2,3)24(4,5)23-16-10-13-8-6-7-9-15(13)17(16)21-11-14(12-22)19-20-21/h6-9,11-12,16-17H,10H2,1-5H3/t16-,17-/m1/s1. The molecule has 0 unspecified atom stereocenters. The largest absolute Gasteiger partial charge is 0.411 e. The minimum atomic E-state index is -1.92. The molecule has 128 valence electrons. The summed E-state index contributed by atoms with van der Waals surface area (Å²) in [5.74, 6) is 0. The third kappa shape index (κ3) is 2.96. The van der Waals surface area contributed by atoms with Gasteiger partial charge in [0.1, 0.15) is 11.7 Å². The fourth-order valence-electron chi connectivity index (χ4n) is 2.99. The summed E-state index contributed by atoms with van der Waals surface area (Å²) in [6.45, 7) is 11.3. The Hall–Kier alpha value is -1.79. The molecule has 1 aliphatic carbocycles. The molecule has 24 heavy (non-hydrogen) atoms. The summed E-state index contributed by atoms with van der Waals surface area (Å²) in [5, 5.41) is 8.26. The second kappa shape index (κ2) is 5.93. The van der Waals surface area contributed by atoms with E-state index in [0.717, 1.165) is 12.7 Å². The van der Waals surface area contributed by atoms with Crippen LogP contribution in [0.15, 0.2) is 30.5 Å². The van der Waals surface area contributed by atoms with Crippen LogP contribution in [0.5, 0.6) is 0 Å². The number of carbonyl (C=O) groups excluding carboxylic acids is 1. The minimum Gasteiger partial charge on any atom is -0.411 e. The molecular weight excluding hydrogens is 318 g/mol. The topological polar surface area (TPSA) is 57.0 Å². The van der Waals surface area contributed by atoms with Gasteiger partial charge < -0.3 is 4.43 Å². The van der Waals surface area contributed by atoms with Crippen LogP contribution in [0.4, 0.5) is 0 Å². The Kier molecular flexibility index (Phi) is 4.21. The Morgan fingerprint density at radius 1 is 1.29 bits per heavy atom. The highest BCUT2D eigenvalue weighted by Crippen LogP contribution is 2.43. The fraction of sp³-hybridized carbons (Fsp3) is 0.500. The van der Waals surface area contributed by atoms with E-state index in [-0.39, 0.29) is 17.2 Å². The SMILES string of the molecule is CC(C)(C)[Si](C)(C)O[C@@H]1Cc2ccccc2[C@H]1n1cc(C=O)nn1. The van der Waals surface area contributed by atoms with Crippen molar-refractivity contribution in [1.82, 2.24) is 15.0 Å². The zero-order chi connectivity index (χ0) is 17.5. The van der Waals surface area contributed by atoms with E-state index in [1.165, 1.54) is 11.1 Å². The molecule has 6 heteroatoms. The molecule has 0 saturated heterocycles. The van der Waals surface area contributed by atoms with Gasteiger partial charge in [0.25, 0.3) is 0 Å². The van der Waals surface area contributed by atoms with Crippen molar-refractivity contribution >= 4 is 14.6 Å². The molecule has 5 nitrogen and oxygen atoms in total. The zero-order valence-corrected chi connectivity index (χ0v) is 16.0. The number of carbonyl (C=O) groups is 1. The summed E-state index contributed by atoms with van der Waals surface area (Å²) in [6.07, 6.45) is 3.32. The van der Waals surface area contributed by atoms with Crippen molar-refractivity contribution < 1.29 is 9.22 Å². The van der Waals surface area contributed by atoms with Crippen LogP contribution in [0.2, 0.25) is 18.1 Å². The summed E-state index contributed by atoms with van der Waals surface area (Å²) in [5.41, 5.74) is 2.85. The molecule has 0 fully saturated rings. The fourth-order valence-corrected chi connectivity index (χ4v) is 4.31. The third-order valence-corrected chi connectivity index (χ3v) is 9.84. The lowest BCUT2D eigenvalue weighted by molar-refractivity contribution is 0.111. The van der Waals surface area contributed by atoms with Crippen LogP contribution in [-0.4, -0.2) is 35.7 Å². The third-order valence-electron chi connectivity index (χ3n) is 5.33. The van der Waals surface area contributed by atoms with E-state index in [9.17, 15) is 4.79 Å². The molecule has 0 saturated carbocycles. The normalized spacial score (nSPS) is 20.9. The highest BCUT2D eigenvalue weighted by Gasteiger charge is 2.44. The van der Waals surface area contributed by atoms with Crippen LogP contribution in [0.3, 0.4) is 0 Å². The Bertz CT molecular complexity index is 749. The van der Waals surface area contributed by atoms with Gasteiger partial charge in [0.05, 0.1) is 12.3 Å². The van der Waals surface area contributed by atoms with Crippen LogP contribution in [0.25, 0.3) is 0 Å². The maximum absolute atomic E-state index is 11.0. The van der Waals surface area contributed by atoms with Crippen molar-refractivity contribution in [2.45, 2.75) is 57.5 Å². The van der Waals surface area contributed by atoms with E-state index >= 15 is 0 Å². The first-order chi connectivity index (χ1) is 11.2. The lowest BCUT2D eigenvalue weighted by Gasteiger charge is -2.39. The number of aldehydes is 1. The molecule has 0 amide bonds. The molecule has 2 aromatic rings. The van der Waals surface area contributed by atoms with E-state index < -0.39 is 8.32 Å². The van der Waals surface area contributed by atoms with Crippen molar-refractivity contribution in [2.24, 2.45) is 0 Å². The number of fused-ring (bicyclic) bond motifs is 1. The lowest BCUT2D eigenvalue weighted by atomic mass is 10.1. The van der Waals surface area contributed by atoms with Crippen molar-refractivity contribution in [3.63, 3.8) is 0 Å². The minimum absolute atomic E-state index is 0.0180. The second-order valence-corrected chi connectivity index (χ2v) is 12.8. The smallest absolute Gasteiger partial charge is 0.192 e. The molecule has 0 bridgehead atoms. The van der Waals surface area contributed by atoms with Gasteiger partial charge in [0.2, 0.25) is 0 Å². The summed E-state index contributed by atoms with van der Waals surface area (Å²) < 4.78 is 8.50. The van der Waals surface area contributed by atoms with Crippen LogP contribution in [-0.2, 0) is 10.8 Å². The first-order valence-electron chi connectivity index (χ1n) is 8.35. The Balaban J connectivity index is 1.98. The van der Waals surface area contributed by atoms with E-state index in [2.05, 4.69) is 62.4 Å². The van der Waals surface area contributed by atoms with Crippen LogP contribution < -0.4 is 0 Å². The van der Waals surface area contributed by atoms with Crippen LogP contribution >= 0.6 is 0 Å². The molecule has 1 heterocycles. The first-order valence-corrected chi connectivity index (χ1v) is 11.3. The molecule has 1 aromatic heterocycles. The van der Waals surface area contributed by atoms with Crippen molar-refractivity contribution in [3.8, 4) is 0 Å². The molecule has 0 aliphatic heterocycles. The maximum Gasteiger partial charge on any atom is 0.192 e. The van der Waals surface area contributed by atoms with Gasteiger partial charge in [-0.2, -0.15) is 0 Å². The molecule has 1 aromatic carbocycles. The maximum atomic E-state index is 11.0. The van der Waals surface area contributed by atoms with Gasteiger partial charge in [-0.3, -0.25) is 4.79 Å². The van der Waals surface area contributed by atoms with Gasteiger partial charge >= 0.3 is 0 Å². The monoisotopic (exact) mass is 343 g/mol. The number of hydrogen-bond donors (Lipinski definition) is 0. The van der Waals surface area contributed by atoms with Crippen LogP contribution in [0.1, 0.15) is 48.4 Å². The average Bonchev–Trinajstić information content (AvgIpc) is 3.08. The quantitative estimate of drug-likeness (QED) is 0.628. The number of nitrogens with zero attached hydrogens (tertiary/aromatic N) is 3. The van der Waals surface area contributed by atoms with E-state index in [1.54, 1.807) is 10.9 Å². The van der Waals surface area contributed by atoms with Gasteiger partial charge in [-0.1, -0.05) is 50.3 Å². The predicted octanol–water partition coefficient (Wildman–Crippen LogP) is 3.63. The molecule has 3 rings (SSSR count). The van der Waals surface area contributed by atoms with E-state index in [1.807, 2.05) is 6.07 Å². The van der Waals surface area contributed by atoms with Crippen molar-refractivity contribution in [1.29, 1.82) is 0 Å². The Labute approximate surface area is 144 Å². The number of rotatable bonds is 4. The van der Waals surface area contributed by atoms with Gasteiger partial charge in [-0.25, -0.2) is 4.68 Å². The summed E-state index contributed by atoms with van der Waals surface area (Å²) >= 11 is 0. The highest BCUT2D eigenvalue weighted by molar-refractivity contribution is 6.74. The van der Waals surface area contributed by atoms with Crippen molar-refractivity contribution in [2.75, 3.05) is 0 Å². The average molecular weight is 344 g/mol. The number of aromatic nitrogens is 3.